The van der Waals surface area contributed by atoms with Crippen LogP contribution in [0.1, 0.15) is 11.1 Å². The lowest BCUT2D eigenvalue weighted by Crippen LogP contribution is -2.10. The zero-order valence-corrected chi connectivity index (χ0v) is 7.57. The second-order valence-electron chi connectivity index (χ2n) is 2.93. The molecule has 0 fully saturated rings. The monoisotopic (exact) mass is 222 g/mol. The van der Waals surface area contributed by atoms with E-state index in [1.807, 2.05) is 0 Å². The summed E-state index contributed by atoms with van der Waals surface area (Å²) in [5, 5.41) is 8.36. The Morgan fingerprint density at radius 3 is 2.00 bits per heavy atom. The average Bonchev–Trinajstić information content (AvgIpc) is 2.18. The van der Waals surface area contributed by atoms with Gasteiger partial charge in [0.1, 0.15) is 0 Å². The van der Waals surface area contributed by atoms with Crippen molar-refractivity contribution < 1.29 is 27.5 Å². The Hall–Kier alpha value is -1.59. The van der Waals surface area contributed by atoms with Gasteiger partial charge in [0.2, 0.25) is 0 Å². The molecule has 0 saturated carbocycles. The average molecular weight is 222 g/mol. The van der Waals surface area contributed by atoms with Gasteiger partial charge in [0.15, 0.2) is 23.3 Å². The van der Waals surface area contributed by atoms with Crippen LogP contribution in [0.3, 0.4) is 0 Å². The molecule has 1 N–H and O–H groups in total. The van der Waals surface area contributed by atoms with Crippen LogP contribution in [0.2, 0.25) is 0 Å². The quantitative estimate of drug-likeness (QED) is 0.473. The van der Waals surface area contributed by atoms with Gasteiger partial charge in [0, 0.05) is 5.56 Å². The molecule has 0 unspecified atom stereocenters. The smallest absolute Gasteiger partial charge is 0.307 e. The molecule has 82 valence electrons. The maximum atomic E-state index is 13.0. The van der Waals surface area contributed by atoms with Crippen molar-refractivity contribution in [3.05, 3.63) is 34.4 Å². The molecule has 15 heavy (non-hydrogen) atoms. The molecule has 0 aliphatic heterocycles. The lowest BCUT2D eigenvalue weighted by atomic mass is 10.0. The second-order valence-corrected chi connectivity index (χ2v) is 2.93. The fraction of sp³-hybridized carbons (Fsp3) is 0.222. The zero-order chi connectivity index (χ0) is 11.7. The minimum absolute atomic E-state index is 0.534. The summed E-state index contributed by atoms with van der Waals surface area (Å²) in [4.78, 5) is 10.3. The van der Waals surface area contributed by atoms with Gasteiger partial charge in [-0.05, 0) is 12.5 Å². The van der Waals surface area contributed by atoms with Gasteiger partial charge in [0.25, 0.3) is 0 Å². The SMILES string of the molecule is Cc1c(F)c(F)c(F)c(F)c1CC(=O)O. The molecule has 1 aromatic carbocycles. The van der Waals surface area contributed by atoms with Crippen LogP contribution in [-0.4, -0.2) is 11.1 Å². The highest BCUT2D eigenvalue weighted by Crippen LogP contribution is 2.23. The highest BCUT2D eigenvalue weighted by Gasteiger charge is 2.23. The maximum absolute atomic E-state index is 13.0. The van der Waals surface area contributed by atoms with E-state index >= 15 is 0 Å². The van der Waals surface area contributed by atoms with Gasteiger partial charge in [-0.3, -0.25) is 4.79 Å². The third kappa shape index (κ3) is 1.93. The predicted molar refractivity (Wildman–Crippen MR) is 42.4 cm³/mol. The maximum Gasteiger partial charge on any atom is 0.307 e. The minimum atomic E-state index is -1.99. The normalized spacial score (nSPS) is 10.5. The molecular formula is C9H6F4O2. The largest absolute Gasteiger partial charge is 0.481 e. The number of rotatable bonds is 2. The number of benzene rings is 1. The summed E-state index contributed by atoms with van der Waals surface area (Å²) in [7, 11) is 0. The second kappa shape index (κ2) is 3.88. The number of halogens is 4. The van der Waals surface area contributed by atoms with E-state index in [0.717, 1.165) is 6.92 Å². The molecular weight excluding hydrogens is 216 g/mol. The topological polar surface area (TPSA) is 37.3 Å². The van der Waals surface area contributed by atoms with Crippen molar-refractivity contribution in [2.45, 2.75) is 13.3 Å². The summed E-state index contributed by atoms with van der Waals surface area (Å²) >= 11 is 0. The van der Waals surface area contributed by atoms with E-state index in [-0.39, 0.29) is 0 Å². The van der Waals surface area contributed by atoms with Crippen molar-refractivity contribution in [3.63, 3.8) is 0 Å². The van der Waals surface area contributed by atoms with Crippen LogP contribution in [-0.2, 0) is 11.2 Å². The summed E-state index contributed by atoms with van der Waals surface area (Å²) in [6, 6.07) is 0. The number of hydrogen-bond donors (Lipinski definition) is 1. The van der Waals surface area contributed by atoms with E-state index in [4.69, 9.17) is 5.11 Å². The lowest BCUT2D eigenvalue weighted by molar-refractivity contribution is -0.136. The summed E-state index contributed by atoms with van der Waals surface area (Å²) < 4.78 is 51.3. The molecule has 0 saturated heterocycles. The number of carbonyl (C=O) groups is 1. The van der Waals surface area contributed by atoms with Gasteiger partial charge in [-0.2, -0.15) is 0 Å². The standard InChI is InChI=1S/C9H6F4O2/c1-3-4(2-5(14)15)7(11)9(13)8(12)6(3)10/h2H2,1H3,(H,14,15). The van der Waals surface area contributed by atoms with Crippen molar-refractivity contribution in [2.75, 3.05) is 0 Å². The first-order valence-electron chi connectivity index (χ1n) is 3.89. The van der Waals surface area contributed by atoms with E-state index in [9.17, 15) is 22.4 Å². The Kier molecular flexibility index (Phi) is 2.97. The van der Waals surface area contributed by atoms with Gasteiger partial charge in [-0.25, -0.2) is 17.6 Å². The fourth-order valence-corrected chi connectivity index (χ4v) is 1.15. The molecule has 0 aliphatic rings. The molecule has 0 amide bonds. The van der Waals surface area contributed by atoms with E-state index in [2.05, 4.69) is 0 Å². The van der Waals surface area contributed by atoms with Crippen LogP contribution in [0.4, 0.5) is 17.6 Å². The Balaban J connectivity index is 3.45. The first-order valence-corrected chi connectivity index (χ1v) is 3.89. The van der Waals surface area contributed by atoms with Crippen LogP contribution >= 0.6 is 0 Å². The van der Waals surface area contributed by atoms with E-state index in [0.29, 0.717) is 0 Å². The van der Waals surface area contributed by atoms with Crippen molar-refractivity contribution in [1.82, 2.24) is 0 Å². The van der Waals surface area contributed by atoms with E-state index in [1.165, 1.54) is 0 Å². The predicted octanol–water partition coefficient (Wildman–Crippen LogP) is 2.18. The highest BCUT2D eigenvalue weighted by molar-refractivity contribution is 5.70. The third-order valence-electron chi connectivity index (χ3n) is 1.95. The Bertz CT molecular complexity index is 400. The third-order valence-corrected chi connectivity index (χ3v) is 1.95. The number of carboxylic acids is 1. The molecule has 0 bridgehead atoms. The Morgan fingerprint density at radius 2 is 1.53 bits per heavy atom. The van der Waals surface area contributed by atoms with Gasteiger partial charge < -0.3 is 5.11 Å². The van der Waals surface area contributed by atoms with Crippen LogP contribution in [0.15, 0.2) is 0 Å². The van der Waals surface area contributed by atoms with Gasteiger partial charge >= 0.3 is 5.97 Å². The van der Waals surface area contributed by atoms with Crippen LogP contribution in [0.25, 0.3) is 0 Å². The Morgan fingerprint density at radius 1 is 1.07 bits per heavy atom. The molecule has 0 heterocycles. The fourth-order valence-electron chi connectivity index (χ4n) is 1.15. The van der Waals surface area contributed by atoms with E-state index in [1.54, 1.807) is 0 Å². The summed E-state index contributed by atoms with van der Waals surface area (Å²) in [6.45, 7) is 0.985. The van der Waals surface area contributed by atoms with Gasteiger partial charge in [-0.1, -0.05) is 0 Å². The molecule has 1 aromatic rings. The zero-order valence-electron chi connectivity index (χ0n) is 7.57. The first kappa shape index (κ1) is 11.5. The molecule has 0 radical (unpaired) electrons. The first-order chi connectivity index (χ1) is 6.86. The minimum Gasteiger partial charge on any atom is -0.481 e. The summed E-state index contributed by atoms with van der Waals surface area (Å²) in [5.74, 6) is -8.60. The summed E-state index contributed by atoms with van der Waals surface area (Å²) in [6.07, 6.45) is -0.897. The molecule has 1 rings (SSSR count). The van der Waals surface area contributed by atoms with Crippen molar-refractivity contribution in [3.8, 4) is 0 Å². The van der Waals surface area contributed by atoms with Crippen LogP contribution in [0.5, 0.6) is 0 Å². The number of carboxylic acid groups (broad SMARTS) is 1. The Labute approximate surface area is 82.1 Å². The number of aliphatic carboxylic acids is 1. The molecule has 2 nitrogen and oxygen atoms in total. The highest BCUT2D eigenvalue weighted by atomic mass is 19.2. The van der Waals surface area contributed by atoms with Gasteiger partial charge in [-0.15, -0.1) is 0 Å². The van der Waals surface area contributed by atoms with Crippen molar-refractivity contribution >= 4 is 5.97 Å². The van der Waals surface area contributed by atoms with Crippen LogP contribution < -0.4 is 0 Å². The molecule has 0 aliphatic carbocycles. The van der Waals surface area contributed by atoms with Crippen molar-refractivity contribution in [1.29, 1.82) is 0 Å². The molecule has 0 aromatic heterocycles. The van der Waals surface area contributed by atoms with Crippen LogP contribution in [0, 0.1) is 30.2 Å². The van der Waals surface area contributed by atoms with Gasteiger partial charge in [0.05, 0.1) is 6.42 Å². The lowest BCUT2D eigenvalue weighted by Gasteiger charge is -2.08. The summed E-state index contributed by atoms with van der Waals surface area (Å²) in [5.41, 5.74) is -1.22. The molecule has 6 heteroatoms. The van der Waals surface area contributed by atoms with E-state index < -0.39 is 46.8 Å². The number of hydrogen-bond acceptors (Lipinski definition) is 1. The molecule has 0 spiro atoms. The van der Waals surface area contributed by atoms with Crippen molar-refractivity contribution in [2.24, 2.45) is 0 Å². The molecule has 0 atom stereocenters.